The van der Waals surface area contributed by atoms with Gasteiger partial charge in [0.1, 0.15) is 17.7 Å². The SMILES string of the molecule is CC(C)(C)OC(=O)N1CCC(NC(=O)n2ccc3c(Oc4ccc(NC(=O)Cc5ccc(C(F)(F)F)cc5)cc4)ncnc32)CC1. The van der Waals surface area contributed by atoms with Crippen molar-refractivity contribution < 1.29 is 37.0 Å². The fourth-order valence-electron chi connectivity index (χ4n) is 4.87. The summed E-state index contributed by atoms with van der Waals surface area (Å²) in [7, 11) is 0. The summed E-state index contributed by atoms with van der Waals surface area (Å²) in [6.07, 6.45) is -0.869. The number of hydrogen-bond donors (Lipinski definition) is 2. The number of ether oxygens (including phenoxy) is 2. The van der Waals surface area contributed by atoms with Crippen molar-refractivity contribution in [2.75, 3.05) is 18.4 Å². The van der Waals surface area contributed by atoms with Crippen LogP contribution in [-0.4, -0.2) is 62.2 Å². The summed E-state index contributed by atoms with van der Waals surface area (Å²) >= 11 is 0. The molecule has 2 N–H and O–H groups in total. The lowest BCUT2D eigenvalue weighted by Crippen LogP contribution is -2.48. The van der Waals surface area contributed by atoms with Gasteiger partial charge in [-0.1, -0.05) is 12.1 Å². The van der Waals surface area contributed by atoms with Gasteiger partial charge in [0.2, 0.25) is 11.8 Å². The average molecular weight is 639 g/mol. The van der Waals surface area contributed by atoms with Crippen molar-refractivity contribution in [1.82, 2.24) is 24.8 Å². The summed E-state index contributed by atoms with van der Waals surface area (Å²) in [5, 5.41) is 6.21. The van der Waals surface area contributed by atoms with Crippen LogP contribution in [0.2, 0.25) is 0 Å². The Balaban J connectivity index is 1.16. The van der Waals surface area contributed by atoms with Crippen molar-refractivity contribution in [3.8, 4) is 11.6 Å². The number of hydrogen-bond acceptors (Lipinski definition) is 7. The fourth-order valence-corrected chi connectivity index (χ4v) is 4.87. The first kappa shape index (κ1) is 32.3. The van der Waals surface area contributed by atoms with Crippen LogP contribution in [-0.2, 0) is 22.1 Å². The summed E-state index contributed by atoms with van der Waals surface area (Å²) < 4.78 is 51.0. The number of carbonyl (C=O) groups excluding carboxylic acids is 3. The molecular formula is C32H33F3N6O5. The molecule has 0 saturated carbocycles. The second kappa shape index (κ2) is 13.1. The van der Waals surface area contributed by atoms with Gasteiger partial charge in [-0.05, 0) is 81.6 Å². The molecule has 0 unspecified atom stereocenters. The quantitative estimate of drug-likeness (QED) is 0.251. The summed E-state index contributed by atoms with van der Waals surface area (Å²) in [5.74, 6) is 0.246. The third-order valence-corrected chi connectivity index (χ3v) is 7.14. The Morgan fingerprint density at radius 2 is 1.61 bits per heavy atom. The van der Waals surface area contributed by atoms with Gasteiger partial charge in [0, 0.05) is 31.0 Å². The number of nitrogens with zero attached hydrogens (tertiary/aromatic N) is 4. The van der Waals surface area contributed by atoms with E-state index >= 15 is 0 Å². The largest absolute Gasteiger partial charge is 0.444 e. The molecule has 0 atom stereocenters. The van der Waals surface area contributed by atoms with Crippen LogP contribution in [0.1, 0.15) is 44.7 Å². The molecule has 0 spiro atoms. The Morgan fingerprint density at radius 3 is 2.24 bits per heavy atom. The second-order valence-electron chi connectivity index (χ2n) is 11.8. The van der Waals surface area contributed by atoms with Gasteiger partial charge in [-0.2, -0.15) is 13.2 Å². The number of piperidine rings is 1. The number of alkyl halides is 3. The van der Waals surface area contributed by atoms with Crippen molar-refractivity contribution in [2.45, 2.75) is 57.9 Å². The minimum Gasteiger partial charge on any atom is -0.444 e. The number of halogens is 3. The Hall–Kier alpha value is -5.14. The van der Waals surface area contributed by atoms with E-state index in [0.29, 0.717) is 54.0 Å². The summed E-state index contributed by atoms with van der Waals surface area (Å²) in [4.78, 5) is 48.0. The van der Waals surface area contributed by atoms with E-state index in [1.54, 1.807) is 41.4 Å². The maximum Gasteiger partial charge on any atom is 0.416 e. The predicted octanol–water partition coefficient (Wildman–Crippen LogP) is 6.38. The van der Waals surface area contributed by atoms with Crippen LogP contribution in [0.5, 0.6) is 11.6 Å². The highest BCUT2D eigenvalue weighted by molar-refractivity contribution is 5.93. The van der Waals surface area contributed by atoms with Crippen LogP contribution in [0.15, 0.2) is 67.1 Å². The summed E-state index contributed by atoms with van der Waals surface area (Å²) in [6, 6.07) is 12.1. The summed E-state index contributed by atoms with van der Waals surface area (Å²) in [6.45, 7) is 6.38. The highest BCUT2D eigenvalue weighted by Gasteiger charge is 2.30. The zero-order chi connectivity index (χ0) is 33.1. The van der Waals surface area contributed by atoms with Crippen molar-refractivity contribution in [3.05, 3.63) is 78.2 Å². The van der Waals surface area contributed by atoms with Crippen LogP contribution in [0.25, 0.3) is 11.0 Å². The van der Waals surface area contributed by atoms with Crippen LogP contribution in [0.3, 0.4) is 0 Å². The highest BCUT2D eigenvalue weighted by Crippen LogP contribution is 2.30. The minimum absolute atomic E-state index is 0.0921. The lowest BCUT2D eigenvalue weighted by atomic mass is 10.1. The van der Waals surface area contributed by atoms with Gasteiger partial charge >= 0.3 is 18.3 Å². The number of benzene rings is 2. The molecule has 3 heterocycles. The first-order valence-electron chi connectivity index (χ1n) is 14.6. The minimum atomic E-state index is -4.44. The normalized spacial score (nSPS) is 14.2. The van der Waals surface area contributed by atoms with Gasteiger partial charge in [-0.3, -0.25) is 9.36 Å². The molecule has 2 aromatic heterocycles. The summed E-state index contributed by atoms with van der Waals surface area (Å²) in [5.41, 5.74) is -0.0889. The molecule has 1 aliphatic rings. The first-order chi connectivity index (χ1) is 21.7. The van der Waals surface area contributed by atoms with E-state index in [4.69, 9.17) is 9.47 Å². The van der Waals surface area contributed by atoms with E-state index in [0.717, 1.165) is 12.1 Å². The molecule has 0 bridgehead atoms. The van der Waals surface area contributed by atoms with E-state index in [2.05, 4.69) is 20.6 Å². The smallest absolute Gasteiger partial charge is 0.416 e. The molecule has 2 aromatic carbocycles. The lowest BCUT2D eigenvalue weighted by Gasteiger charge is -2.33. The molecule has 46 heavy (non-hydrogen) atoms. The predicted molar refractivity (Wildman–Crippen MR) is 163 cm³/mol. The number of nitrogens with one attached hydrogen (secondary N) is 2. The van der Waals surface area contributed by atoms with Gasteiger partial charge in [0.15, 0.2) is 5.65 Å². The molecule has 0 aliphatic carbocycles. The number of likely N-dealkylation sites (tertiary alicyclic amines) is 1. The van der Waals surface area contributed by atoms with Crippen molar-refractivity contribution >= 4 is 34.8 Å². The maximum atomic E-state index is 13.1. The van der Waals surface area contributed by atoms with E-state index < -0.39 is 17.3 Å². The fraction of sp³-hybridized carbons (Fsp3) is 0.344. The molecule has 14 heteroatoms. The number of fused-ring (bicyclic) bond motifs is 1. The van der Waals surface area contributed by atoms with E-state index in [1.165, 1.54) is 23.0 Å². The maximum absolute atomic E-state index is 13.1. The Labute approximate surface area is 262 Å². The van der Waals surface area contributed by atoms with Gasteiger partial charge in [-0.15, -0.1) is 0 Å². The molecule has 5 rings (SSSR count). The average Bonchev–Trinajstić information content (AvgIpc) is 3.43. The number of carbonyl (C=O) groups is 3. The van der Waals surface area contributed by atoms with Gasteiger partial charge in [-0.25, -0.2) is 19.6 Å². The third kappa shape index (κ3) is 8.11. The number of amides is 3. The van der Waals surface area contributed by atoms with E-state index in [-0.39, 0.29) is 36.4 Å². The van der Waals surface area contributed by atoms with Gasteiger partial charge in [0.25, 0.3) is 0 Å². The zero-order valence-electron chi connectivity index (χ0n) is 25.4. The third-order valence-electron chi connectivity index (χ3n) is 7.14. The molecule has 11 nitrogen and oxygen atoms in total. The zero-order valence-corrected chi connectivity index (χ0v) is 25.4. The molecule has 3 amide bonds. The number of anilines is 1. The van der Waals surface area contributed by atoms with Crippen LogP contribution < -0.4 is 15.4 Å². The molecule has 0 radical (unpaired) electrons. The van der Waals surface area contributed by atoms with Crippen molar-refractivity contribution in [2.24, 2.45) is 0 Å². The molecule has 242 valence electrons. The Morgan fingerprint density at radius 1 is 0.935 bits per heavy atom. The molecule has 4 aromatic rings. The topological polar surface area (TPSA) is 128 Å². The van der Waals surface area contributed by atoms with E-state index in [1.807, 2.05) is 20.8 Å². The number of aromatic nitrogens is 3. The van der Waals surface area contributed by atoms with Crippen molar-refractivity contribution in [3.63, 3.8) is 0 Å². The standard InChI is InChI=1S/C32H33F3N6O5/c1-31(2,3)46-30(44)40-15-12-23(13-16-40)39-29(43)41-17-14-25-27(41)36-19-37-28(25)45-24-10-8-22(9-11-24)38-26(42)18-20-4-6-21(7-5-20)32(33,34)35/h4-11,14,17,19,23H,12-13,15-16,18H2,1-3H3,(H,38,42)(H,39,43). The first-order valence-corrected chi connectivity index (χ1v) is 14.6. The van der Waals surface area contributed by atoms with Gasteiger partial charge < -0.3 is 25.0 Å². The van der Waals surface area contributed by atoms with Crippen LogP contribution in [0, 0.1) is 0 Å². The molecule has 1 saturated heterocycles. The monoisotopic (exact) mass is 638 g/mol. The van der Waals surface area contributed by atoms with Crippen LogP contribution in [0.4, 0.5) is 28.4 Å². The highest BCUT2D eigenvalue weighted by atomic mass is 19.4. The number of rotatable bonds is 6. The Bertz CT molecular complexity index is 1710. The van der Waals surface area contributed by atoms with E-state index in [9.17, 15) is 27.6 Å². The second-order valence-corrected chi connectivity index (χ2v) is 11.8. The Kier molecular flexibility index (Phi) is 9.17. The lowest BCUT2D eigenvalue weighted by molar-refractivity contribution is -0.137. The molecular weight excluding hydrogens is 605 g/mol. The van der Waals surface area contributed by atoms with Crippen molar-refractivity contribution in [1.29, 1.82) is 0 Å². The van der Waals surface area contributed by atoms with Gasteiger partial charge in [0.05, 0.1) is 17.4 Å². The molecule has 1 aliphatic heterocycles. The molecule has 1 fully saturated rings. The van der Waals surface area contributed by atoms with Crippen LogP contribution >= 0.6 is 0 Å².